The number of anilines is 1. The van der Waals surface area contributed by atoms with Gasteiger partial charge in [0.25, 0.3) is 5.91 Å². The number of para-hydroxylation sites is 1. The molecule has 0 bridgehead atoms. The molecule has 6 nitrogen and oxygen atoms in total. The molecule has 29 heavy (non-hydrogen) atoms. The second kappa shape index (κ2) is 8.57. The Morgan fingerprint density at radius 1 is 1.10 bits per heavy atom. The van der Waals surface area contributed by atoms with Crippen LogP contribution in [0.1, 0.15) is 5.56 Å². The van der Waals surface area contributed by atoms with Crippen LogP contribution in [0.15, 0.2) is 60.9 Å². The molecule has 1 aromatic heterocycles. The fourth-order valence-electron chi connectivity index (χ4n) is 3.46. The summed E-state index contributed by atoms with van der Waals surface area (Å²) in [6.07, 6.45) is 3.71. The van der Waals surface area contributed by atoms with Crippen molar-refractivity contribution in [1.82, 2.24) is 14.5 Å². The number of aromatic nitrogens is 2. The monoisotopic (exact) mass is 410 g/mol. The number of carbonyl (C=O) groups excluding carboxylic acids is 1. The molecule has 7 heteroatoms. The Morgan fingerprint density at radius 3 is 2.66 bits per heavy atom. The van der Waals surface area contributed by atoms with Crippen molar-refractivity contribution in [3.63, 3.8) is 0 Å². The smallest absolute Gasteiger partial charge is 0.260 e. The number of aryl methyl sites for hydroxylation is 1. The van der Waals surface area contributed by atoms with Gasteiger partial charge < -0.3 is 14.5 Å². The van der Waals surface area contributed by atoms with Crippen LogP contribution in [0.4, 0.5) is 5.95 Å². The van der Waals surface area contributed by atoms with Crippen LogP contribution >= 0.6 is 11.6 Å². The molecule has 1 aliphatic heterocycles. The summed E-state index contributed by atoms with van der Waals surface area (Å²) in [5, 5.41) is 0.686. The van der Waals surface area contributed by atoms with Crippen molar-refractivity contribution in [1.29, 1.82) is 0 Å². The highest BCUT2D eigenvalue weighted by Crippen LogP contribution is 2.22. The molecule has 0 aliphatic carbocycles. The maximum absolute atomic E-state index is 12.5. The van der Waals surface area contributed by atoms with Gasteiger partial charge in [-0.1, -0.05) is 35.9 Å². The Morgan fingerprint density at radius 2 is 1.90 bits per heavy atom. The molecule has 3 aromatic rings. The quantitative estimate of drug-likeness (QED) is 0.645. The molecule has 1 amide bonds. The first-order valence-electron chi connectivity index (χ1n) is 9.62. The molecule has 0 spiro atoms. The second-order valence-corrected chi connectivity index (χ2v) is 7.44. The number of rotatable bonds is 5. The van der Waals surface area contributed by atoms with Crippen molar-refractivity contribution in [2.75, 3.05) is 37.7 Å². The zero-order chi connectivity index (χ0) is 20.2. The molecule has 4 rings (SSSR count). The zero-order valence-corrected chi connectivity index (χ0v) is 17.0. The number of amides is 1. The van der Waals surface area contributed by atoms with E-state index in [0.717, 1.165) is 22.9 Å². The van der Waals surface area contributed by atoms with E-state index in [1.165, 1.54) is 0 Å². The van der Waals surface area contributed by atoms with E-state index in [9.17, 15) is 4.79 Å². The summed E-state index contributed by atoms with van der Waals surface area (Å²) in [6, 6.07) is 15.4. The molecule has 2 aromatic carbocycles. The summed E-state index contributed by atoms with van der Waals surface area (Å²) in [7, 11) is 0. The average Bonchev–Trinajstić information content (AvgIpc) is 3.23. The molecule has 0 unspecified atom stereocenters. The number of ether oxygens (including phenoxy) is 1. The second-order valence-electron chi connectivity index (χ2n) is 7.00. The first-order valence-corrected chi connectivity index (χ1v) is 10.00. The lowest BCUT2D eigenvalue weighted by atomic mass is 10.2. The molecule has 0 saturated carbocycles. The number of hydrogen-bond donors (Lipinski definition) is 0. The third kappa shape index (κ3) is 4.38. The summed E-state index contributed by atoms with van der Waals surface area (Å²) in [5.74, 6) is 1.62. The number of halogens is 1. The summed E-state index contributed by atoms with van der Waals surface area (Å²) >= 11 is 6.13. The maximum Gasteiger partial charge on any atom is 0.260 e. The number of carbonyl (C=O) groups is 1. The van der Waals surface area contributed by atoms with E-state index in [1.54, 1.807) is 6.20 Å². The van der Waals surface area contributed by atoms with E-state index in [2.05, 4.69) is 9.88 Å². The normalized spacial score (nSPS) is 14.1. The molecule has 0 atom stereocenters. The largest absolute Gasteiger partial charge is 0.484 e. The Bertz CT molecular complexity index is 996. The number of piperazine rings is 1. The topological polar surface area (TPSA) is 50.6 Å². The molecule has 1 aliphatic rings. The van der Waals surface area contributed by atoms with Crippen molar-refractivity contribution in [3.05, 3.63) is 71.5 Å². The SMILES string of the molecule is Cc1ccccc1OCC(=O)N1CCN(c2nccn2-c2cccc(Cl)c2)CC1. The van der Waals surface area contributed by atoms with E-state index < -0.39 is 0 Å². The Hall–Kier alpha value is -2.99. The lowest BCUT2D eigenvalue weighted by Crippen LogP contribution is -2.50. The van der Waals surface area contributed by atoms with Gasteiger partial charge in [0, 0.05) is 49.3 Å². The van der Waals surface area contributed by atoms with Crippen LogP contribution in [0.2, 0.25) is 5.02 Å². The van der Waals surface area contributed by atoms with Crippen LogP contribution in [0.25, 0.3) is 5.69 Å². The van der Waals surface area contributed by atoms with Crippen LogP contribution in [0.3, 0.4) is 0 Å². The van der Waals surface area contributed by atoms with Crippen LogP contribution in [0, 0.1) is 6.92 Å². The minimum absolute atomic E-state index is 0.00564. The van der Waals surface area contributed by atoms with Gasteiger partial charge in [0.2, 0.25) is 5.95 Å². The van der Waals surface area contributed by atoms with E-state index in [1.807, 2.05) is 71.1 Å². The lowest BCUT2D eigenvalue weighted by molar-refractivity contribution is -0.133. The third-order valence-electron chi connectivity index (χ3n) is 5.07. The highest BCUT2D eigenvalue weighted by atomic mass is 35.5. The summed E-state index contributed by atoms with van der Waals surface area (Å²) in [4.78, 5) is 21.1. The van der Waals surface area contributed by atoms with Gasteiger partial charge in [-0.2, -0.15) is 0 Å². The number of nitrogens with zero attached hydrogens (tertiary/aromatic N) is 4. The lowest BCUT2D eigenvalue weighted by Gasteiger charge is -2.35. The van der Waals surface area contributed by atoms with E-state index >= 15 is 0 Å². The Kier molecular flexibility index (Phi) is 5.71. The van der Waals surface area contributed by atoms with Gasteiger partial charge in [0.1, 0.15) is 5.75 Å². The Balaban J connectivity index is 1.36. The number of hydrogen-bond acceptors (Lipinski definition) is 4. The molecule has 2 heterocycles. The van der Waals surface area contributed by atoms with Crippen molar-refractivity contribution in [3.8, 4) is 11.4 Å². The molecule has 1 saturated heterocycles. The summed E-state index contributed by atoms with van der Waals surface area (Å²) < 4.78 is 7.72. The van der Waals surface area contributed by atoms with Gasteiger partial charge in [-0.3, -0.25) is 9.36 Å². The van der Waals surface area contributed by atoms with Crippen LogP contribution in [-0.4, -0.2) is 53.1 Å². The van der Waals surface area contributed by atoms with Gasteiger partial charge in [-0.15, -0.1) is 0 Å². The molecule has 0 radical (unpaired) electrons. The van der Waals surface area contributed by atoms with Gasteiger partial charge in [0.05, 0.1) is 0 Å². The first kappa shape index (κ1) is 19.3. The predicted octanol–water partition coefficient (Wildman–Crippen LogP) is 3.56. The average molecular weight is 411 g/mol. The highest BCUT2D eigenvalue weighted by molar-refractivity contribution is 6.30. The number of benzene rings is 2. The van der Waals surface area contributed by atoms with Crippen molar-refractivity contribution in [2.24, 2.45) is 0 Å². The molecule has 0 N–H and O–H groups in total. The summed E-state index contributed by atoms with van der Waals surface area (Å²) in [6.45, 7) is 4.74. The molecular weight excluding hydrogens is 388 g/mol. The minimum atomic E-state index is 0.00564. The fourth-order valence-corrected chi connectivity index (χ4v) is 3.65. The number of imidazole rings is 1. The Labute approximate surface area is 175 Å². The van der Waals surface area contributed by atoms with E-state index in [4.69, 9.17) is 16.3 Å². The van der Waals surface area contributed by atoms with Crippen molar-refractivity contribution >= 4 is 23.5 Å². The van der Waals surface area contributed by atoms with Gasteiger partial charge in [0.15, 0.2) is 6.61 Å². The van der Waals surface area contributed by atoms with Crippen molar-refractivity contribution in [2.45, 2.75) is 6.92 Å². The van der Waals surface area contributed by atoms with Gasteiger partial charge in [-0.05, 0) is 36.8 Å². The van der Waals surface area contributed by atoms with Gasteiger partial charge >= 0.3 is 0 Å². The van der Waals surface area contributed by atoms with Crippen LogP contribution < -0.4 is 9.64 Å². The van der Waals surface area contributed by atoms with Gasteiger partial charge in [-0.25, -0.2) is 4.98 Å². The van der Waals surface area contributed by atoms with E-state index in [-0.39, 0.29) is 12.5 Å². The maximum atomic E-state index is 12.5. The standard InChI is InChI=1S/C22H23ClN4O2/c1-17-5-2-3-8-20(17)29-16-21(28)25-11-13-26(14-12-25)22-24-9-10-27(22)19-7-4-6-18(23)15-19/h2-10,15H,11-14,16H2,1H3. The minimum Gasteiger partial charge on any atom is -0.484 e. The van der Waals surface area contributed by atoms with E-state index in [0.29, 0.717) is 31.2 Å². The molecule has 150 valence electrons. The highest BCUT2D eigenvalue weighted by Gasteiger charge is 2.24. The van der Waals surface area contributed by atoms with Crippen molar-refractivity contribution < 1.29 is 9.53 Å². The van der Waals surface area contributed by atoms with Crippen LogP contribution in [-0.2, 0) is 4.79 Å². The van der Waals surface area contributed by atoms with Crippen LogP contribution in [0.5, 0.6) is 5.75 Å². The first-order chi connectivity index (χ1) is 14.1. The molecule has 1 fully saturated rings. The third-order valence-corrected chi connectivity index (χ3v) is 5.30. The fraction of sp³-hybridized carbons (Fsp3) is 0.273. The molecular formula is C22H23ClN4O2. The predicted molar refractivity (Wildman–Crippen MR) is 114 cm³/mol. The summed E-state index contributed by atoms with van der Waals surface area (Å²) in [5.41, 5.74) is 1.99. The zero-order valence-electron chi connectivity index (χ0n) is 16.3.